The molecule has 1 fully saturated rings. The van der Waals surface area contributed by atoms with Crippen molar-refractivity contribution in [3.8, 4) is 0 Å². The Morgan fingerprint density at radius 2 is 2.00 bits per heavy atom. The van der Waals surface area contributed by atoms with Crippen LogP contribution >= 0.6 is 30.4 Å². The number of ether oxygens (including phenoxy) is 1. The van der Waals surface area contributed by atoms with Crippen molar-refractivity contribution in [2.75, 3.05) is 6.61 Å². The van der Waals surface area contributed by atoms with E-state index in [2.05, 4.69) is 4.52 Å². The van der Waals surface area contributed by atoms with Crippen LogP contribution in [0, 0.1) is 3.57 Å². The van der Waals surface area contributed by atoms with E-state index < -0.39 is 50.2 Å². The molecule has 0 aliphatic carbocycles. The van der Waals surface area contributed by atoms with Crippen molar-refractivity contribution in [3.63, 3.8) is 0 Å². The van der Waals surface area contributed by atoms with E-state index in [1.54, 1.807) is 22.6 Å². The summed E-state index contributed by atoms with van der Waals surface area (Å²) in [5, 5.41) is 19.7. The van der Waals surface area contributed by atoms with E-state index in [9.17, 15) is 24.4 Å². The molecular weight excluding hydrogens is 438 g/mol. The fourth-order valence-electron chi connectivity index (χ4n) is 1.92. The predicted octanol–water partition coefficient (Wildman–Crippen LogP) is -2.13. The first-order valence-electron chi connectivity index (χ1n) is 5.83. The molecule has 0 bridgehead atoms. The highest BCUT2D eigenvalue weighted by Gasteiger charge is 2.45. The molecule has 0 aromatic carbocycles. The number of aromatic nitrogens is 2. The summed E-state index contributed by atoms with van der Waals surface area (Å²) in [4.78, 5) is 42.3. The summed E-state index contributed by atoms with van der Waals surface area (Å²) in [6, 6.07) is 0. The maximum absolute atomic E-state index is 11.7. The van der Waals surface area contributed by atoms with Gasteiger partial charge in [-0.2, -0.15) is 0 Å². The molecule has 2 heterocycles. The largest absolute Gasteiger partial charge is 0.469 e. The number of hydrogen-bond donors (Lipinski definition) is 5. The number of nitrogens with zero attached hydrogens (tertiary/aromatic N) is 1. The van der Waals surface area contributed by atoms with Gasteiger partial charge in [-0.25, -0.2) is 9.36 Å². The van der Waals surface area contributed by atoms with Crippen LogP contribution in [0.25, 0.3) is 0 Å². The molecule has 1 aliphatic heterocycles. The van der Waals surface area contributed by atoms with Crippen molar-refractivity contribution >= 4 is 30.4 Å². The number of aromatic amines is 1. The molecule has 22 heavy (non-hydrogen) atoms. The van der Waals surface area contributed by atoms with Crippen LogP contribution in [0.4, 0.5) is 0 Å². The average Bonchev–Trinajstić information content (AvgIpc) is 2.68. The third-order valence-electron chi connectivity index (χ3n) is 2.94. The quantitative estimate of drug-likeness (QED) is 0.254. The topological polar surface area (TPSA) is 171 Å². The minimum atomic E-state index is -4.77. The van der Waals surface area contributed by atoms with E-state index in [4.69, 9.17) is 14.5 Å². The second-order valence-electron chi connectivity index (χ2n) is 4.48. The van der Waals surface area contributed by atoms with Crippen LogP contribution in [0.3, 0.4) is 0 Å². The summed E-state index contributed by atoms with van der Waals surface area (Å²) >= 11 is 1.67. The third kappa shape index (κ3) is 3.83. The highest BCUT2D eigenvalue weighted by atomic mass is 127. The summed E-state index contributed by atoms with van der Waals surface area (Å²) in [6.45, 7) is -0.686. The van der Waals surface area contributed by atoms with Gasteiger partial charge in [-0.1, -0.05) is 0 Å². The fraction of sp³-hybridized carbons (Fsp3) is 0.556. The molecule has 1 aromatic rings. The third-order valence-corrected chi connectivity index (χ3v) is 4.20. The fourth-order valence-corrected chi connectivity index (χ4v) is 2.69. The monoisotopic (exact) mass is 450 g/mol. The molecule has 13 heteroatoms. The van der Waals surface area contributed by atoms with Crippen LogP contribution in [-0.2, 0) is 13.8 Å². The number of rotatable bonds is 4. The molecule has 0 radical (unpaired) electrons. The van der Waals surface area contributed by atoms with Gasteiger partial charge < -0.3 is 24.7 Å². The number of H-pyrrole nitrogens is 1. The maximum Gasteiger partial charge on any atom is 0.469 e. The van der Waals surface area contributed by atoms with Crippen molar-refractivity contribution in [2.24, 2.45) is 0 Å². The van der Waals surface area contributed by atoms with E-state index in [-0.39, 0.29) is 3.57 Å². The molecule has 4 atom stereocenters. The second kappa shape index (κ2) is 6.49. The molecule has 1 aromatic heterocycles. The van der Waals surface area contributed by atoms with Crippen LogP contribution in [0.2, 0.25) is 0 Å². The van der Waals surface area contributed by atoms with Gasteiger partial charge in [-0.15, -0.1) is 0 Å². The summed E-state index contributed by atoms with van der Waals surface area (Å²) in [6.07, 6.45) is -4.55. The number of hydrogen-bond acceptors (Lipinski definition) is 7. The number of nitrogens with one attached hydrogen (secondary N) is 1. The number of aliphatic hydroxyl groups is 2. The van der Waals surface area contributed by atoms with Gasteiger partial charge in [0.1, 0.15) is 18.3 Å². The Hall–Kier alpha value is -0.600. The van der Waals surface area contributed by atoms with Crippen LogP contribution in [0.5, 0.6) is 0 Å². The van der Waals surface area contributed by atoms with Crippen LogP contribution in [0.1, 0.15) is 6.23 Å². The Bertz CT molecular complexity index is 712. The Labute approximate surface area is 135 Å². The van der Waals surface area contributed by atoms with Gasteiger partial charge in [-0.3, -0.25) is 18.9 Å². The van der Waals surface area contributed by atoms with Gasteiger partial charge in [0, 0.05) is 6.20 Å². The lowest BCUT2D eigenvalue weighted by atomic mass is 10.1. The lowest BCUT2D eigenvalue weighted by molar-refractivity contribution is -0.0544. The summed E-state index contributed by atoms with van der Waals surface area (Å²) in [5.41, 5.74) is -1.48. The molecule has 1 saturated heterocycles. The molecule has 0 spiro atoms. The van der Waals surface area contributed by atoms with E-state index >= 15 is 0 Å². The Morgan fingerprint density at radius 3 is 2.59 bits per heavy atom. The van der Waals surface area contributed by atoms with E-state index in [0.717, 1.165) is 10.8 Å². The lowest BCUT2D eigenvalue weighted by Crippen LogP contribution is -2.38. The predicted molar refractivity (Wildman–Crippen MR) is 78.0 cm³/mol. The van der Waals surface area contributed by atoms with E-state index in [1.807, 2.05) is 4.98 Å². The Balaban J connectivity index is 2.23. The first-order chi connectivity index (χ1) is 10.1. The summed E-state index contributed by atoms with van der Waals surface area (Å²) < 4.78 is 21.1. The highest BCUT2D eigenvalue weighted by molar-refractivity contribution is 14.1. The van der Waals surface area contributed by atoms with Crippen molar-refractivity contribution in [1.29, 1.82) is 0 Å². The van der Waals surface area contributed by atoms with Gasteiger partial charge in [0.15, 0.2) is 6.23 Å². The standard InChI is InChI=1S/C9H12IN2O9P/c10-3-1-12(9(16)11-7(3)15)8-6(14)5(13)4(21-8)2-20-22(17,18)19/h1,4-6,8,13-14H,2H2,(H,11,15,16)(H2,17,18,19)/t4-,5-,6+,8-/m1/s1. The number of phosphoric ester groups is 1. The SMILES string of the molecule is O=c1[nH]c(=O)n([C@@H]2O[C@H](COP(=O)(O)O)[C@@H](O)[C@@H]2O)cc1I. The minimum absolute atomic E-state index is 0.150. The van der Waals surface area contributed by atoms with Crippen molar-refractivity contribution in [1.82, 2.24) is 9.55 Å². The first-order valence-corrected chi connectivity index (χ1v) is 8.43. The van der Waals surface area contributed by atoms with E-state index in [1.165, 1.54) is 0 Å². The normalized spacial score (nSPS) is 29.0. The first kappa shape index (κ1) is 17.7. The van der Waals surface area contributed by atoms with Crippen LogP contribution in [0.15, 0.2) is 15.8 Å². The zero-order chi connectivity index (χ0) is 16.7. The van der Waals surface area contributed by atoms with Gasteiger partial charge in [0.25, 0.3) is 5.56 Å². The molecule has 1 aliphatic rings. The van der Waals surface area contributed by atoms with Crippen LogP contribution in [-0.4, -0.2) is 54.5 Å². The van der Waals surface area contributed by atoms with Crippen molar-refractivity contribution < 1.29 is 33.8 Å². The van der Waals surface area contributed by atoms with Crippen molar-refractivity contribution in [3.05, 3.63) is 30.6 Å². The number of halogens is 1. The molecule has 2 rings (SSSR count). The van der Waals surface area contributed by atoms with Crippen LogP contribution < -0.4 is 11.2 Å². The Morgan fingerprint density at radius 1 is 1.36 bits per heavy atom. The zero-order valence-corrected chi connectivity index (χ0v) is 13.7. The van der Waals surface area contributed by atoms with Gasteiger partial charge in [-0.05, 0) is 22.6 Å². The van der Waals surface area contributed by atoms with Gasteiger partial charge >= 0.3 is 13.5 Å². The Kier molecular flexibility index (Phi) is 5.23. The lowest BCUT2D eigenvalue weighted by Gasteiger charge is -2.17. The zero-order valence-electron chi connectivity index (χ0n) is 10.7. The summed E-state index contributed by atoms with van der Waals surface area (Å²) in [7, 11) is -4.77. The molecule has 124 valence electrons. The second-order valence-corrected chi connectivity index (χ2v) is 6.88. The summed E-state index contributed by atoms with van der Waals surface area (Å²) in [5.74, 6) is 0. The van der Waals surface area contributed by atoms with Crippen molar-refractivity contribution in [2.45, 2.75) is 24.5 Å². The highest BCUT2D eigenvalue weighted by Crippen LogP contribution is 2.38. The van der Waals surface area contributed by atoms with Gasteiger partial charge in [0.2, 0.25) is 0 Å². The smallest absolute Gasteiger partial charge is 0.387 e. The maximum atomic E-state index is 11.7. The molecule has 0 saturated carbocycles. The minimum Gasteiger partial charge on any atom is -0.387 e. The number of phosphoric acid groups is 1. The molecular formula is C9H12IN2O9P. The average molecular weight is 450 g/mol. The molecule has 0 unspecified atom stereocenters. The number of aliphatic hydroxyl groups excluding tert-OH is 2. The molecule has 0 amide bonds. The van der Waals surface area contributed by atoms with Gasteiger partial charge in [0.05, 0.1) is 10.2 Å². The molecule has 5 N–H and O–H groups in total. The molecule has 11 nitrogen and oxygen atoms in total. The van der Waals surface area contributed by atoms with E-state index in [0.29, 0.717) is 0 Å².